The van der Waals surface area contributed by atoms with Gasteiger partial charge in [0.1, 0.15) is 11.5 Å². The van der Waals surface area contributed by atoms with Crippen molar-refractivity contribution in [2.75, 3.05) is 7.11 Å². The number of amides is 1. The number of nitrogens with one attached hydrogen (secondary N) is 2. The van der Waals surface area contributed by atoms with Gasteiger partial charge >= 0.3 is 0 Å². The van der Waals surface area contributed by atoms with Crippen molar-refractivity contribution in [3.63, 3.8) is 0 Å². The lowest BCUT2D eigenvalue weighted by molar-refractivity contribution is -0.115. The molecular weight excluding hydrogens is 570 g/mol. The first kappa shape index (κ1) is 24.4. The summed E-state index contributed by atoms with van der Waals surface area (Å²) in [6.45, 7) is 0. The minimum atomic E-state index is -0.746. The van der Waals surface area contributed by atoms with Crippen LogP contribution in [0.4, 0.5) is 0 Å². The van der Waals surface area contributed by atoms with Gasteiger partial charge in [0.2, 0.25) is 6.29 Å². The minimum absolute atomic E-state index is 0.101. The van der Waals surface area contributed by atoms with Gasteiger partial charge in [0.25, 0.3) is 5.91 Å². The number of aromatic hydroxyl groups is 1. The van der Waals surface area contributed by atoms with Crippen LogP contribution >= 0.6 is 15.9 Å². The number of fused-ring (bicyclic) bond motifs is 2. The third-order valence-electron chi connectivity index (χ3n) is 7.48. The molecule has 40 heavy (non-hydrogen) atoms. The Morgan fingerprint density at radius 2 is 1.80 bits per heavy atom. The summed E-state index contributed by atoms with van der Waals surface area (Å²) in [5, 5.41) is 23.6. The van der Waals surface area contributed by atoms with Crippen LogP contribution in [0.25, 0.3) is 21.7 Å². The van der Waals surface area contributed by atoms with E-state index < -0.39 is 6.29 Å². The highest BCUT2D eigenvalue weighted by molar-refractivity contribution is 9.10. The van der Waals surface area contributed by atoms with E-state index in [9.17, 15) is 9.90 Å². The van der Waals surface area contributed by atoms with Gasteiger partial charge in [0.05, 0.1) is 24.4 Å². The van der Waals surface area contributed by atoms with Crippen molar-refractivity contribution in [1.82, 2.24) is 15.3 Å². The van der Waals surface area contributed by atoms with Crippen LogP contribution in [0.1, 0.15) is 29.2 Å². The molecule has 3 N–H and O–H groups in total. The molecule has 5 aromatic rings. The first-order chi connectivity index (χ1) is 19.5. The third kappa shape index (κ3) is 4.10. The molecule has 0 aliphatic carbocycles. The zero-order valence-electron chi connectivity index (χ0n) is 21.4. The molecule has 3 heterocycles. The number of H-pyrrole nitrogens is 1. The second kappa shape index (κ2) is 9.53. The molecule has 198 valence electrons. The van der Waals surface area contributed by atoms with Gasteiger partial charge in [-0.1, -0.05) is 64.5 Å². The van der Waals surface area contributed by atoms with Crippen molar-refractivity contribution in [2.45, 2.75) is 18.8 Å². The number of halogens is 1. The number of benzene rings is 4. The van der Waals surface area contributed by atoms with Gasteiger partial charge in [0.15, 0.2) is 5.88 Å². The van der Waals surface area contributed by atoms with Crippen molar-refractivity contribution in [3.05, 3.63) is 106 Å². The summed E-state index contributed by atoms with van der Waals surface area (Å²) in [6, 6.07) is 27.8. The second-order valence-corrected chi connectivity index (χ2v) is 10.8. The fraction of sp³-hybridized carbons (Fsp3) is 0.129. The van der Waals surface area contributed by atoms with Crippen molar-refractivity contribution in [3.8, 4) is 11.6 Å². The number of ether oxygens (including phenoxy) is 1. The van der Waals surface area contributed by atoms with Gasteiger partial charge in [-0.15, -0.1) is 0 Å². The molecular formula is C31H24BrN5O3. The lowest BCUT2D eigenvalue weighted by Gasteiger charge is -2.27. The van der Waals surface area contributed by atoms with Crippen LogP contribution in [0.2, 0.25) is 0 Å². The number of aliphatic imine (C=N–C) groups is 1. The Kier molecular flexibility index (Phi) is 5.82. The van der Waals surface area contributed by atoms with Crippen molar-refractivity contribution < 1.29 is 14.6 Å². The smallest absolute Gasteiger partial charge is 0.273 e. The van der Waals surface area contributed by atoms with Crippen LogP contribution in [-0.2, 0) is 4.79 Å². The summed E-state index contributed by atoms with van der Waals surface area (Å²) in [7, 11) is 1.64. The van der Waals surface area contributed by atoms with E-state index in [0.29, 0.717) is 22.9 Å². The maximum absolute atomic E-state index is 13.3. The number of aromatic nitrogens is 1. The summed E-state index contributed by atoms with van der Waals surface area (Å²) < 4.78 is 6.20. The van der Waals surface area contributed by atoms with E-state index in [4.69, 9.17) is 14.8 Å². The molecule has 0 fully saturated rings. The quantitative estimate of drug-likeness (QED) is 0.238. The van der Waals surface area contributed by atoms with Gasteiger partial charge in [-0.3, -0.25) is 4.79 Å². The maximum atomic E-state index is 13.3. The first-order valence-electron chi connectivity index (χ1n) is 12.9. The Hall–Kier alpha value is -4.63. The molecule has 2 unspecified atom stereocenters. The van der Waals surface area contributed by atoms with E-state index in [1.807, 2.05) is 59.6 Å². The van der Waals surface area contributed by atoms with Crippen LogP contribution in [0.15, 0.2) is 99.5 Å². The fourth-order valence-electron chi connectivity index (χ4n) is 5.48. The van der Waals surface area contributed by atoms with Crippen molar-refractivity contribution in [1.29, 1.82) is 0 Å². The predicted molar refractivity (Wildman–Crippen MR) is 159 cm³/mol. The summed E-state index contributed by atoms with van der Waals surface area (Å²) in [6.07, 6.45) is -0.114. The lowest BCUT2D eigenvalue weighted by atomic mass is 9.97. The van der Waals surface area contributed by atoms with E-state index in [2.05, 4.69) is 56.6 Å². The van der Waals surface area contributed by atoms with Gasteiger partial charge < -0.3 is 20.1 Å². The van der Waals surface area contributed by atoms with Crippen LogP contribution in [0.5, 0.6) is 11.6 Å². The van der Waals surface area contributed by atoms with Crippen LogP contribution in [0, 0.1) is 0 Å². The molecule has 2 aliphatic heterocycles. The monoisotopic (exact) mass is 593 g/mol. The predicted octanol–water partition coefficient (Wildman–Crippen LogP) is 5.85. The molecule has 1 amide bonds. The molecule has 2 aliphatic rings. The Morgan fingerprint density at radius 3 is 2.60 bits per heavy atom. The highest BCUT2D eigenvalue weighted by Crippen LogP contribution is 2.37. The highest BCUT2D eigenvalue weighted by atomic mass is 79.9. The topological polar surface area (TPSA) is 102 Å². The van der Waals surface area contributed by atoms with E-state index in [0.717, 1.165) is 37.8 Å². The number of carbonyl (C=O) groups is 1. The highest BCUT2D eigenvalue weighted by Gasteiger charge is 2.39. The van der Waals surface area contributed by atoms with E-state index in [1.165, 1.54) is 0 Å². The zero-order chi connectivity index (χ0) is 27.4. The zero-order valence-corrected chi connectivity index (χ0v) is 23.0. The maximum Gasteiger partial charge on any atom is 0.273 e. The Balaban J connectivity index is 1.31. The first-order valence-corrected chi connectivity index (χ1v) is 13.7. The number of hydrogen-bond donors (Lipinski definition) is 3. The van der Waals surface area contributed by atoms with Crippen LogP contribution in [-0.4, -0.2) is 45.8 Å². The number of rotatable bonds is 5. The molecule has 9 heteroatoms. The Morgan fingerprint density at radius 1 is 1.00 bits per heavy atom. The Labute approximate surface area is 238 Å². The molecule has 7 rings (SSSR count). The lowest BCUT2D eigenvalue weighted by Crippen LogP contribution is -2.41. The van der Waals surface area contributed by atoms with Crippen molar-refractivity contribution in [2.24, 2.45) is 10.1 Å². The molecule has 0 spiro atoms. The van der Waals surface area contributed by atoms with Gasteiger partial charge in [-0.05, 0) is 58.3 Å². The largest absolute Gasteiger partial charge is 0.497 e. The Bertz CT molecular complexity index is 1860. The fourth-order valence-corrected chi connectivity index (χ4v) is 5.85. The summed E-state index contributed by atoms with van der Waals surface area (Å²) >= 11 is 3.48. The number of hydrazone groups is 1. The molecule has 0 radical (unpaired) electrons. The number of aromatic amines is 1. The van der Waals surface area contributed by atoms with Gasteiger partial charge in [-0.2, -0.15) is 5.10 Å². The number of hydrogen-bond acceptors (Lipinski definition) is 6. The molecule has 1 aromatic heterocycles. The number of nitrogens with zero attached hydrogens (tertiary/aromatic N) is 3. The standard InChI is InChI=1S/C31H24BrN5O3/c1-40-22-11-8-18(9-12-22)26-16-25(20-7-6-17-4-2-3-5-19(17)14-20)36-37(26)31-34-28(30(39)35-31)27-23-15-21(32)10-13-24(23)33-29(27)38/h2-15,26,31,33,38H,16H2,1H3,(H,35,39). The molecule has 0 saturated heterocycles. The summed E-state index contributed by atoms with van der Waals surface area (Å²) in [5.74, 6) is 0.291. The molecule has 8 nitrogen and oxygen atoms in total. The van der Waals surface area contributed by atoms with E-state index in [1.54, 1.807) is 7.11 Å². The molecule has 2 atom stereocenters. The average molecular weight is 594 g/mol. The SMILES string of the molecule is COc1ccc(C2CC(c3ccc4ccccc4c3)=NN2C2N=C(c3c(O)[nH]c4ccc(Br)cc34)C(=O)N2)cc1. The van der Waals surface area contributed by atoms with Crippen LogP contribution < -0.4 is 10.1 Å². The number of carbonyl (C=O) groups excluding carboxylic acids is 1. The normalized spacial score (nSPS) is 18.8. The molecule has 4 aromatic carbocycles. The van der Waals surface area contributed by atoms with E-state index >= 15 is 0 Å². The summed E-state index contributed by atoms with van der Waals surface area (Å²) in [5.41, 5.74) is 4.20. The van der Waals surface area contributed by atoms with Gasteiger partial charge in [0, 0.05) is 21.8 Å². The number of methoxy groups -OCH3 is 1. The van der Waals surface area contributed by atoms with Gasteiger partial charge in [-0.25, -0.2) is 10.0 Å². The minimum Gasteiger partial charge on any atom is -0.497 e. The van der Waals surface area contributed by atoms with Crippen molar-refractivity contribution >= 4 is 54.9 Å². The second-order valence-electron chi connectivity index (χ2n) is 9.85. The molecule has 0 bridgehead atoms. The average Bonchev–Trinajstić information content (AvgIpc) is 3.67. The third-order valence-corrected chi connectivity index (χ3v) is 7.97. The van der Waals surface area contributed by atoms with E-state index in [-0.39, 0.29) is 23.5 Å². The summed E-state index contributed by atoms with van der Waals surface area (Å²) in [4.78, 5) is 21.0. The van der Waals surface area contributed by atoms with Crippen LogP contribution in [0.3, 0.4) is 0 Å². The molecule has 0 saturated carbocycles.